The van der Waals surface area contributed by atoms with E-state index in [-0.39, 0.29) is 6.03 Å². The lowest BCUT2D eigenvalue weighted by molar-refractivity contribution is 0.252. The lowest BCUT2D eigenvalue weighted by Crippen LogP contribution is -2.28. The SMILES string of the molecule is CCNC(=O)Nc1cc(CC)[nH]n1. The largest absolute Gasteiger partial charge is 0.338 e. The molecule has 0 unspecified atom stereocenters. The van der Waals surface area contributed by atoms with Gasteiger partial charge in [-0.1, -0.05) is 6.92 Å². The van der Waals surface area contributed by atoms with Gasteiger partial charge in [0, 0.05) is 18.3 Å². The first-order chi connectivity index (χ1) is 6.26. The number of aryl methyl sites for hydroxylation is 1. The van der Waals surface area contributed by atoms with Crippen molar-refractivity contribution in [2.75, 3.05) is 11.9 Å². The zero-order valence-electron chi connectivity index (χ0n) is 7.85. The number of amides is 2. The summed E-state index contributed by atoms with van der Waals surface area (Å²) in [6.45, 7) is 4.49. The summed E-state index contributed by atoms with van der Waals surface area (Å²) in [5.74, 6) is 0.558. The summed E-state index contributed by atoms with van der Waals surface area (Å²) in [5, 5.41) is 11.9. The number of rotatable bonds is 3. The van der Waals surface area contributed by atoms with Crippen LogP contribution in [0.4, 0.5) is 10.6 Å². The molecule has 0 fully saturated rings. The molecule has 0 aromatic carbocycles. The third-order valence-electron chi connectivity index (χ3n) is 1.59. The third-order valence-corrected chi connectivity index (χ3v) is 1.59. The van der Waals surface area contributed by atoms with Gasteiger partial charge in [0.15, 0.2) is 5.82 Å². The van der Waals surface area contributed by atoms with Crippen molar-refractivity contribution in [2.45, 2.75) is 20.3 Å². The Labute approximate surface area is 76.9 Å². The van der Waals surface area contributed by atoms with E-state index < -0.39 is 0 Å². The zero-order valence-corrected chi connectivity index (χ0v) is 7.85. The Kier molecular flexibility index (Phi) is 3.31. The fraction of sp³-hybridized carbons (Fsp3) is 0.500. The first-order valence-electron chi connectivity index (χ1n) is 4.35. The fourth-order valence-corrected chi connectivity index (χ4v) is 0.928. The van der Waals surface area contributed by atoms with Crippen molar-refractivity contribution in [3.63, 3.8) is 0 Å². The van der Waals surface area contributed by atoms with E-state index in [0.717, 1.165) is 12.1 Å². The highest BCUT2D eigenvalue weighted by Gasteiger charge is 2.02. The van der Waals surface area contributed by atoms with Crippen LogP contribution < -0.4 is 10.6 Å². The molecule has 2 amide bonds. The molecule has 0 aliphatic rings. The zero-order chi connectivity index (χ0) is 9.68. The van der Waals surface area contributed by atoms with Crippen molar-refractivity contribution in [1.82, 2.24) is 15.5 Å². The summed E-state index contributed by atoms with van der Waals surface area (Å²) >= 11 is 0. The van der Waals surface area contributed by atoms with Crippen LogP contribution in [0, 0.1) is 0 Å². The molecule has 5 nitrogen and oxygen atoms in total. The average molecular weight is 182 g/mol. The topological polar surface area (TPSA) is 69.8 Å². The summed E-state index contributed by atoms with van der Waals surface area (Å²) in [6.07, 6.45) is 0.879. The van der Waals surface area contributed by atoms with Crippen LogP contribution in [0.1, 0.15) is 19.5 Å². The summed E-state index contributed by atoms with van der Waals surface area (Å²) in [5.41, 5.74) is 1.01. The monoisotopic (exact) mass is 182 g/mol. The van der Waals surface area contributed by atoms with Gasteiger partial charge in [0.1, 0.15) is 0 Å². The molecule has 1 rings (SSSR count). The average Bonchev–Trinajstić information content (AvgIpc) is 2.52. The first kappa shape index (κ1) is 9.57. The van der Waals surface area contributed by atoms with Crippen LogP contribution >= 0.6 is 0 Å². The second-order valence-corrected chi connectivity index (χ2v) is 2.62. The molecule has 0 atom stereocenters. The van der Waals surface area contributed by atoms with Crippen molar-refractivity contribution in [3.05, 3.63) is 11.8 Å². The molecule has 0 aliphatic carbocycles. The van der Waals surface area contributed by atoms with E-state index in [0.29, 0.717) is 12.4 Å². The summed E-state index contributed by atoms with van der Waals surface area (Å²) < 4.78 is 0. The molecule has 0 radical (unpaired) electrons. The number of aromatic amines is 1. The number of carbonyl (C=O) groups excluding carboxylic acids is 1. The normalized spacial score (nSPS) is 9.69. The summed E-state index contributed by atoms with van der Waals surface area (Å²) in [4.78, 5) is 11.0. The molecule has 72 valence electrons. The van der Waals surface area contributed by atoms with E-state index in [1.54, 1.807) is 0 Å². The molecule has 13 heavy (non-hydrogen) atoms. The predicted molar refractivity (Wildman–Crippen MR) is 50.7 cm³/mol. The van der Waals surface area contributed by atoms with Crippen molar-refractivity contribution < 1.29 is 4.79 Å². The highest BCUT2D eigenvalue weighted by Crippen LogP contribution is 2.04. The molecule has 3 N–H and O–H groups in total. The maximum atomic E-state index is 11.0. The van der Waals surface area contributed by atoms with Crippen molar-refractivity contribution >= 4 is 11.8 Å². The predicted octanol–water partition coefficient (Wildman–Crippen LogP) is 1.11. The summed E-state index contributed by atoms with van der Waals surface area (Å²) in [7, 11) is 0. The minimum atomic E-state index is -0.225. The van der Waals surface area contributed by atoms with Crippen LogP contribution in [0.2, 0.25) is 0 Å². The fourth-order valence-electron chi connectivity index (χ4n) is 0.928. The van der Waals surface area contributed by atoms with Gasteiger partial charge in [-0.05, 0) is 13.3 Å². The van der Waals surface area contributed by atoms with Crippen LogP contribution in [-0.2, 0) is 6.42 Å². The minimum Gasteiger partial charge on any atom is -0.338 e. The van der Waals surface area contributed by atoms with Crippen LogP contribution in [0.15, 0.2) is 6.07 Å². The van der Waals surface area contributed by atoms with Gasteiger partial charge >= 0.3 is 6.03 Å². The van der Waals surface area contributed by atoms with Crippen LogP contribution in [-0.4, -0.2) is 22.8 Å². The Hall–Kier alpha value is -1.52. The first-order valence-corrected chi connectivity index (χ1v) is 4.35. The summed E-state index contributed by atoms with van der Waals surface area (Å²) in [6, 6.07) is 1.59. The number of aromatic nitrogens is 2. The van der Waals surface area contributed by atoms with E-state index in [1.807, 2.05) is 19.9 Å². The van der Waals surface area contributed by atoms with Crippen LogP contribution in [0.5, 0.6) is 0 Å². The quantitative estimate of drug-likeness (QED) is 0.655. The highest BCUT2D eigenvalue weighted by molar-refractivity contribution is 5.88. The molecule has 1 aromatic heterocycles. The van der Waals surface area contributed by atoms with E-state index in [1.165, 1.54) is 0 Å². The molecule has 0 spiro atoms. The molecular weight excluding hydrogens is 168 g/mol. The van der Waals surface area contributed by atoms with E-state index >= 15 is 0 Å². The number of anilines is 1. The van der Waals surface area contributed by atoms with Gasteiger partial charge in [-0.15, -0.1) is 0 Å². The molecule has 0 aliphatic heterocycles. The molecule has 1 heterocycles. The Morgan fingerprint density at radius 1 is 1.62 bits per heavy atom. The van der Waals surface area contributed by atoms with Crippen molar-refractivity contribution in [2.24, 2.45) is 0 Å². The van der Waals surface area contributed by atoms with Crippen LogP contribution in [0.25, 0.3) is 0 Å². The van der Waals surface area contributed by atoms with Gasteiger partial charge in [-0.3, -0.25) is 10.4 Å². The van der Waals surface area contributed by atoms with E-state index in [4.69, 9.17) is 0 Å². The Balaban J connectivity index is 2.49. The molecular formula is C8H14N4O. The van der Waals surface area contributed by atoms with Gasteiger partial charge in [-0.2, -0.15) is 5.10 Å². The minimum absolute atomic E-state index is 0.225. The molecule has 0 saturated carbocycles. The van der Waals surface area contributed by atoms with Crippen molar-refractivity contribution in [1.29, 1.82) is 0 Å². The maximum Gasteiger partial charge on any atom is 0.320 e. The Morgan fingerprint density at radius 2 is 2.38 bits per heavy atom. The number of nitrogens with zero attached hydrogens (tertiary/aromatic N) is 1. The van der Waals surface area contributed by atoms with Crippen molar-refractivity contribution in [3.8, 4) is 0 Å². The number of hydrogen-bond donors (Lipinski definition) is 3. The van der Waals surface area contributed by atoms with Gasteiger partial charge < -0.3 is 5.32 Å². The van der Waals surface area contributed by atoms with Gasteiger partial charge in [0.2, 0.25) is 0 Å². The highest BCUT2D eigenvalue weighted by atomic mass is 16.2. The maximum absolute atomic E-state index is 11.0. The second kappa shape index (κ2) is 4.49. The Morgan fingerprint density at radius 3 is 2.92 bits per heavy atom. The molecule has 1 aromatic rings. The van der Waals surface area contributed by atoms with E-state index in [2.05, 4.69) is 20.8 Å². The van der Waals surface area contributed by atoms with Gasteiger partial charge in [0.05, 0.1) is 0 Å². The number of urea groups is 1. The lowest BCUT2D eigenvalue weighted by atomic mass is 10.3. The number of carbonyl (C=O) groups is 1. The molecule has 5 heteroatoms. The Bertz CT molecular complexity index is 281. The number of H-pyrrole nitrogens is 1. The third kappa shape index (κ3) is 2.77. The molecule has 0 bridgehead atoms. The standard InChI is InChI=1S/C8H14N4O/c1-3-6-5-7(12-11-6)10-8(13)9-4-2/h5H,3-4H2,1-2H3,(H3,9,10,11,12,13). The van der Waals surface area contributed by atoms with Gasteiger partial charge in [0.25, 0.3) is 0 Å². The molecule has 0 saturated heterocycles. The van der Waals surface area contributed by atoms with Crippen LogP contribution in [0.3, 0.4) is 0 Å². The number of nitrogens with one attached hydrogen (secondary N) is 3. The lowest BCUT2D eigenvalue weighted by Gasteiger charge is -2.00. The van der Waals surface area contributed by atoms with Gasteiger partial charge in [-0.25, -0.2) is 4.79 Å². The second-order valence-electron chi connectivity index (χ2n) is 2.62. The number of hydrogen-bond acceptors (Lipinski definition) is 2. The van der Waals surface area contributed by atoms with E-state index in [9.17, 15) is 4.79 Å². The smallest absolute Gasteiger partial charge is 0.320 e.